The summed E-state index contributed by atoms with van der Waals surface area (Å²) in [6.45, 7) is 0.158. The summed E-state index contributed by atoms with van der Waals surface area (Å²) < 4.78 is 49.7. The maximum atomic E-state index is 13.1. The number of hydrogen-bond acceptors (Lipinski definition) is 6. The van der Waals surface area contributed by atoms with Gasteiger partial charge in [-0.15, -0.1) is 0 Å². The molecule has 0 spiro atoms. The van der Waals surface area contributed by atoms with E-state index in [-0.39, 0.29) is 23.8 Å². The Hall–Kier alpha value is -3.21. The summed E-state index contributed by atoms with van der Waals surface area (Å²) in [6, 6.07) is 9.62. The molecule has 3 rings (SSSR count). The average Bonchev–Trinajstić information content (AvgIpc) is 2.77. The fourth-order valence-corrected chi connectivity index (χ4v) is 4.25. The van der Waals surface area contributed by atoms with E-state index in [0.29, 0.717) is 17.9 Å². The zero-order valence-electron chi connectivity index (χ0n) is 17.8. The van der Waals surface area contributed by atoms with Crippen LogP contribution in [0.5, 0.6) is 11.5 Å². The van der Waals surface area contributed by atoms with Crippen molar-refractivity contribution < 1.29 is 37.3 Å². The minimum absolute atomic E-state index is 0.0257. The standard InChI is InChI=1S/C22H21F3N2O5S/c1-31-16-7-6-13(10-17(16)32-2)8-9-27-19(28)12-18(20(29)30)33-21(27)26-15-5-3-4-14(11-15)22(23,24)25/h3-7,10-11,18H,8-9,12H2,1-2H3,(H,29,30)/t18-/m1/s1. The lowest BCUT2D eigenvalue weighted by Gasteiger charge is -2.30. The van der Waals surface area contributed by atoms with Crippen molar-refractivity contribution in [2.45, 2.75) is 24.3 Å². The van der Waals surface area contributed by atoms with Crippen molar-refractivity contribution in [2.24, 2.45) is 4.99 Å². The Labute approximate surface area is 192 Å². The predicted octanol–water partition coefficient (Wildman–Crippen LogP) is 4.37. The van der Waals surface area contributed by atoms with Gasteiger partial charge < -0.3 is 14.6 Å². The summed E-state index contributed by atoms with van der Waals surface area (Å²) in [5.41, 5.74) is -0.0883. The molecule has 7 nitrogen and oxygen atoms in total. The molecule has 0 aliphatic carbocycles. The fraction of sp³-hybridized carbons (Fsp3) is 0.318. The number of carbonyl (C=O) groups is 2. The van der Waals surface area contributed by atoms with Crippen LogP contribution in [0.1, 0.15) is 17.5 Å². The molecule has 1 amide bonds. The van der Waals surface area contributed by atoms with Crippen LogP contribution in [0.25, 0.3) is 0 Å². The van der Waals surface area contributed by atoms with Crippen LogP contribution >= 0.6 is 11.8 Å². The SMILES string of the molecule is COc1ccc(CCN2C(=O)C[C@H](C(=O)O)SC2=Nc2cccc(C(F)(F)F)c2)cc1OC. The van der Waals surface area contributed by atoms with Crippen LogP contribution in [0, 0.1) is 0 Å². The van der Waals surface area contributed by atoms with E-state index in [1.54, 1.807) is 18.2 Å². The van der Waals surface area contributed by atoms with Crippen LogP contribution in [-0.2, 0) is 22.2 Å². The van der Waals surface area contributed by atoms with Crippen molar-refractivity contribution in [3.05, 3.63) is 53.6 Å². The number of hydrogen-bond donors (Lipinski definition) is 1. The number of halogens is 3. The number of methoxy groups -OCH3 is 2. The summed E-state index contributed by atoms with van der Waals surface area (Å²) in [7, 11) is 3.01. The molecule has 1 saturated heterocycles. The minimum Gasteiger partial charge on any atom is -0.493 e. The molecule has 1 aliphatic rings. The van der Waals surface area contributed by atoms with Gasteiger partial charge in [0.05, 0.1) is 31.9 Å². The highest BCUT2D eigenvalue weighted by Crippen LogP contribution is 2.34. The molecule has 1 N–H and O–H groups in total. The minimum atomic E-state index is -4.55. The monoisotopic (exact) mass is 482 g/mol. The van der Waals surface area contributed by atoms with Crippen LogP contribution in [-0.4, -0.2) is 53.1 Å². The second kappa shape index (κ2) is 10.2. The molecule has 0 radical (unpaired) electrons. The second-order valence-electron chi connectivity index (χ2n) is 7.08. The summed E-state index contributed by atoms with van der Waals surface area (Å²) >= 11 is 0.838. The largest absolute Gasteiger partial charge is 0.493 e. The molecule has 1 heterocycles. The molecule has 0 unspecified atom stereocenters. The van der Waals surface area contributed by atoms with Crippen molar-refractivity contribution in [3.8, 4) is 11.5 Å². The molecule has 0 bridgehead atoms. The van der Waals surface area contributed by atoms with E-state index in [4.69, 9.17) is 9.47 Å². The highest BCUT2D eigenvalue weighted by Gasteiger charge is 2.36. The number of benzene rings is 2. The van der Waals surface area contributed by atoms with Gasteiger partial charge in [-0.1, -0.05) is 23.9 Å². The van der Waals surface area contributed by atoms with Gasteiger partial charge in [-0.05, 0) is 42.3 Å². The molecule has 0 aromatic heterocycles. The number of carbonyl (C=O) groups excluding carboxylic acids is 1. The van der Waals surface area contributed by atoms with E-state index in [2.05, 4.69) is 4.99 Å². The van der Waals surface area contributed by atoms with Gasteiger partial charge in [0.1, 0.15) is 5.25 Å². The van der Waals surface area contributed by atoms with Gasteiger partial charge in [0.2, 0.25) is 5.91 Å². The first-order valence-electron chi connectivity index (χ1n) is 9.79. The van der Waals surface area contributed by atoms with Crippen molar-refractivity contribution in [1.29, 1.82) is 0 Å². The molecule has 0 saturated carbocycles. The molecule has 1 atom stereocenters. The number of ether oxygens (including phenoxy) is 2. The van der Waals surface area contributed by atoms with Crippen molar-refractivity contribution >= 4 is 34.5 Å². The van der Waals surface area contributed by atoms with Gasteiger partial charge in [-0.25, -0.2) is 4.99 Å². The first-order chi connectivity index (χ1) is 15.6. The van der Waals surface area contributed by atoms with Crippen LogP contribution in [0.3, 0.4) is 0 Å². The lowest BCUT2D eigenvalue weighted by molar-refractivity contribution is -0.139. The molecular formula is C22H21F3N2O5S. The Morgan fingerprint density at radius 1 is 1.18 bits per heavy atom. The van der Waals surface area contributed by atoms with Crippen molar-refractivity contribution in [2.75, 3.05) is 20.8 Å². The number of aliphatic carboxylic acids is 1. The first kappa shape index (κ1) is 24.4. The summed E-state index contributed by atoms with van der Waals surface area (Å²) in [4.78, 5) is 29.7. The van der Waals surface area contributed by atoms with Gasteiger partial charge in [0, 0.05) is 6.54 Å². The van der Waals surface area contributed by atoms with E-state index >= 15 is 0 Å². The third-order valence-electron chi connectivity index (χ3n) is 4.89. The van der Waals surface area contributed by atoms with Gasteiger partial charge in [0.25, 0.3) is 0 Å². The number of amidine groups is 1. The van der Waals surface area contributed by atoms with E-state index in [1.807, 2.05) is 0 Å². The third kappa shape index (κ3) is 5.98. The van der Waals surface area contributed by atoms with Gasteiger partial charge >= 0.3 is 12.1 Å². The Kier molecular flexibility index (Phi) is 7.52. The molecule has 176 valence electrons. The number of nitrogens with zero attached hydrogens (tertiary/aromatic N) is 2. The molecular weight excluding hydrogens is 461 g/mol. The number of aliphatic imine (C=N–C) groups is 1. The van der Waals surface area contributed by atoms with E-state index < -0.39 is 28.9 Å². The van der Waals surface area contributed by atoms with Crippen LogP contribution in [0.4, 0.5) is 18.9 Å². The maximum absolute atomic E-state index is 13.1. The molecule has 11 heteroatoms. The number of carboxylic acid groups (broad SMARTS) is 1. The Morgan fingerprint density at radius 2 is 1.91 bits per heavy atom. The lowest BCUT2D eigenvalue weighted by atomic mass is 10.1. The smallest absolute Gasteiger partial charge is 0.416 e. The number of rotatable bonds is 7. The van der Waals surface area contributed by atoms with E-state index in [0.717, 1.165) is 29.5 Å². The van der Waals surface area contributed by atoms with Crippen LogP contribution in [0.2, 0.25) is 0 Å². The van der Waals surface area contributed by atoms with Crippen molar-refractivity contribution in [1.82, 2.24) is 4.90 Å². The van der Waals surface area contributed by atoms with Crippen LogP contribution < -0.4 is 9.47 Å². The molecule has 2 aromatic rings. The fourth-order valence-electron chi connectivity index (χ4n) is 3.19. The van der Waals surface area contributed by atoms with Gasteiger partial charge in [-0.2, -0.15) is 13.2 Å². The molecule has 1 aliphatic heterocycles. The highest BCUT2D eigenvalue weighted by molar-refractivity contribution is 8.15. The topological polar surface area (TPSA) is 88.4 Å². The van der Waals surface area contributed by atoms with Crippen LogP contribution in [0.15, 0.2) is 47.5 Å². The third-order valence-corrected chi connectivity index (χ3v) is 6.06. The van der Waals surface area contributed by atoms with Gasteiger partial charge in [-0.3, -0.25) is 14.5 Å². The maximum Gasteiger partial charge on any atom is 0.416 e. The molecule has 1 fully saturated rings. The first-order valence-corrected chi connectivity index (χ1v) is 10.7. The van der Waals surface area contributed by atoms with E-state index in [9.17, 15) is 27.9 Å². The number of carboxylic acids is 1. The quantitative estimate of drug-likeness (QED) is 0.631. The molecule has 2 aromatic carbocycles. The normalized spacial score (nSPS) is 17.8. The zero-order valence-corrected chi connectivity index (χ0v) is 18.6. The predicted molar refractivity (Wildman–Crippen MR) is 117 cm³/mol. The Balaban J connectivity index is 1.89. The highest BCUT2D eigenvalue weighted by atomic mass is 32.2. The summed E-state index contributed by atoms with van der Waals surface area (Å²) in [5, 5.41) is 8.34. The number of alkyl halides is 3. The van der Waals surface area contributed by atoms with Crippen molar-refractivity contribution in [3.63, 3.8) is 0 Å². The number of amides is 1. The molecule has 33 heavy (non-hydrogen) atoms. The summed E-state index contributed by atoms with van der Waals surface area (Å²) in [6.07, 6.45) is -4.41. The van der Waals surface area contributed by atoms with E-state index in [1.165, 1.54) is 31.3 Å². The Bertz CT molecular complexity index is 1070. The summed E-state index contributed by atoms with van der Waals surface area (Å²) in [5.74, 6) is -0.600. The second-order valence-corrected chi connectivity index (χ2v) is 8.25. The van der Waals surface area contributed by atoms with Gasteiger partial charge in [0.15, 0.2) is 16.7 Å². The lowest BCUT2D eigenvalue weighted by Crippen LogP contribution is -2.44. The average molecular weight is 482 g/mol. The zero-order chi connectivity index (χ0) is 24.2. The number of thioether (sulfide) groups is 1. The Morgan fingerprint density at radius 3 is 2.55 bits per heavy atom.